The standard InChI is InChI=1S/C23H32ClN3O.2C2H4O2/c24-19-7-5-18(6-8-19)23(9-3-10-23)22(28)26-15-21-17-12-16(13-25-14-17)20-4-1-2-11-27(20)21;2*1-2(3)4/h5-8,16-17,20-21,25H,1-4,9-15H2,(H,26,28);2*1H3,(H,3,4)/t16-,17+,20+,21+;;/m1../s1. The first kappa shape index (κ1) is 28.4. The van der Waals surface area contributed by atoms with E-state index in [1.54, 1.807) is 0 Å². The molecule has 3 aliphatic heterocycles. The minimum atomic E-state index is -0.833. The van der Waals surface area contributed by atoms with Crippen molar-refractivity contribution in [3.8, 4) is 0 Å². The molecule has 3 heterocycles. The molecule has 0 spiro atoms. The fourth-order valence-corrected chi connectivity index (χ4v) is 6.49. The maximum Gasteiger partial charge on any atom is 0.300 e. The van der Waals surface area contributed by atoms with Gasteiger partial charge in [0.25, 0.3) is 11.9 Å². The number of carboxylic acid groups (broad SMARTS) is 2. The summed E-state index contributed by atoms with van der Waals surface area (Å²) >= 11 is 6.07. The Morgan fingerprint density at radius 1 is 1.03 bits per heavy atom. The molecular formula is C27H40ClN3O5. The Morgan fingerprint density at radius 3 is 2.22 bits per heavy atom. The summed E-state index contributed by atoms with van der Waals surface area (Å²) in [6.07, 6.45) is 8.36. The lowest BCUT2D eigenvalue weighted by Gasteiger charge is -2.55. The fraction of sp³-hybridized carbons (Fsp3) is 0.667. The largest absolute Gasteiger partial charge is 0.481 e. The number of carbonyl (C=O) groups is 3. The Labute approximate surface area is 218 Å². The van der Waals surface area contributed by atoms with Crippen molar-refractivity contribution < 1.29 is 24.6 Å². The van der Waals surface area contributed by atoms with Crippen LogP contribution in [0.1, 0.15) is 64.4 Å². The molecule has 0 radical (unpaired) electrons. The second-order valence-electron chi connectivity index (χ2n) is 10.5. The zero-order valence-electron chi connectivity index (χ0n) is 21.3. The summed E-state index contributed by atoms with van der Waals surface area (Å²) in [5.74, 6) is 0.0276. The van der Waals surface area contributed by atoms with Gasteiger partial charge in [-0.2, -0.15) is 0 Å². The highest BCUT2D eigenvalue weighted by Crippen LogP contribution is 2.44. The van der Waals surface area contributed by atoms with Crippen LogP contribution in [0.3, 0.4) is 0 Å². The molecular weight excluding hydrogens is 482 g/mol. The van der Waals surface area contributed by atoms with Gasteiger partial charge in [0, 0.05) is 37.5 Å². The summed E-state index contributed by atoms with van der Waals surface area (Å²) in [5, 5.41) is 22.6. The second kappa shape index (κ2) is 12.9. The van der Waals surface area contributed by atoms with Crippen molar-refractivity contribution in [3.05, 3.63) is 34.9 Å². The van der Waals surface area contributed by atoms with Crippen molar-refractivity contribution in [1.29, 1.82) is 0 Å². The summed E-state index contributed by atoms with van der Waals surface area (Å²) in [4.78, 5) is 34.1. The van der Waals surface area contributed by atoms with Crippen LogP contribution in [0, 0.1) is 11.8 Å². The van der Waals surface area contributed by atoms with E-state index in [-0.39, 0.29) is 11.3 Å². The topological polar surface area (TPSA) is 119 Å². The molecule has 4 N–H and O–H groups in total. The number of amides is 1. The molecule has 1 aliphatic carbocycles. The number of hydrogen-bond donors (Lipinski definition) is 4. The Bertz CT molecular complexity index is 885. The number of carboxylic acids is 2. The Kier molecular flexibility index (Phi) is 10.2. The number of nitrogens with zero attached hydrogens (tertiary/aromatic N) is 1. The van der Waals surface area contributed by atoms with Gasteiger partial charge in [-0.1, -0.05) is 36.6 Å². The van der Waals surface area contributed by atoms with Crippen LogP contribution in [0.15, 0.2) is 24.3 Å². The first-order valence-electron chi connectivity index (χ1n) is 13.0. The molecule has 4 atom stereocenters. The highest BCUT2D eigenvalue weighted by atomic mass is 35.5. The maximum atomic E-state index is 13.3. The normalized spacial score (nSPS) is 28.0. The van der Waals surface area contributed by atoms with Crippen LogP contribution < -0.4 is 10.6 Å². The van der Waals surface area contributed by atoms with Crippen molar-refractivity contribution in [1.82, 2.24) is 15.5 Å². The van der Waals surface area contributed by atoms with E-state index in [1.807, 2.05) is 24.3 Å². The minimum Gasteiger partial charge on any atom is -0.481 e. The number of halogens is 1. The highest BCUT2D eigenvalue weighted by Gasteiger charge is 2.48. The summed E-state index contributed by atoms with van der Waals surface area (Å²) in [6.45, 7) is 6.45. The molecule has 1 saturated carbocycles. The number of hydrogen-bond acceptors (Lipinski definition) is 5. The molecule has 4 fully saturated rings. The van der Waals surface area contributed by atoms with Crippen molar-refractivity contribution in [2.24, 2.45) is 11.8 Å². The van der Waals surface area contributed by atoms with E-state index in [0.29, 0.717) is 18.0 Å². The van der Waals surface area contributed by atoms with Gasteiger partial charge in [-0.15, -0.1) is 0 Å². The third-order valence-corrected chi connectivity index (χ3v) is 8.29. The number of nitrogens with one attached hydrogen (secondary N) is 2. The van der Waals surface area contributed by atoms with Gasteiger partial charge < -0.3 is 20.8 Å². The molecule has 0 aromatic heterocycles. The molecule has 0 unspecified atom stereocenters. The Balaban J connectivity index is 0.000000398. The smallest absolute Gasteiger partial charge is 0.300 e. The summed E-state index contributed by atoms with van der Waals surface area (Å²) in [7, 11) is 0. The zero-order chi connectivity index (χ0) is 26.3. The lowest BCUT2D eigenvalue weighted by Crippen LogP contribution is -2.65. The third kappa shape index (κ3) is 6.99. The zero-order valence-corrected chi connectivity index (χ0v) is 22.1. The van der Waals surface area contributed by atoms with Crippen LogP contribution in [0.2, 0.25) is 5.02 Å². The first-order valence-corrected chi connectivity index (χ1v) is 13.4. The van der Waals surface area contributed by atoms with Gasteiger partial charge in [-0.05, 0) is 81.3 Å². The average Bonchev–Trinajstić information content (AvgIpc) is 2.79. The summed E-state index contributed by atoms with van der Waals surface area (Å²) < 4.78 is 0. The number of carbonyl (C=O) groups excluding carboxylic acids is 1. The van der Waals surface area contributed by atoms with E-state index in [0.717, 1.165) is 62.7 Å². The highest BCUT2D eigenvalue weighted by molar-refractivity contribution is 6.30. The number of fused-ring (bicyclic) bond motifs is 4. The molecule has 1 amide bonds. The van der Waals surface area contributed by atoms with E-state index < -0.39 is 11.9 Å². The van der Waals surface area contributed by atoms with Gasteiger partial charge in [-0.25, -0.2) is 0 Å². The average molecular weight is 522 g/mol. The number of benzene rings is 1. The molecule has 8 nitrogen and oxygen atoms in total. The predicted octanol–water partition coefficient (Wildman–Crippen LogP) is 3.52. The maximum absolute atomic E-state index is 13.3. The lowest BCUT2D eigenvalue weighted by atomic mass is 9.63. The van der Waals surface area contributed by atoms with Crippen LogP contribution in [0.4, 0.5) is 0 Å². The fourth-order valence-electron chi connectivity index (χ4n) is 6.36. The third-order valence-electron chi connectivity index (χ3n) is 8.04. The summed E-state index contributed by atoms with van der Waals surface area (Å²) in [6, 6.07) is 9.11. The molecule has 4 aliphatic rings. The predicted molar refractivity (Wildman–Crippen MR) is 139 cm³/mol. The molecule has 2 bridgehead atoms. The van der Waals surface area contributed by atoms with Gasteiger partial charge in [0.05, 0.1) is 5.41 Å². The molecule has 9 heteroatoms. The second-order valence-corrected chi connectivity index (χ2v) is 10.9. The number of rotatable bonds is 4. The van der Waals surface area contributed by atoms with Gasteiger partial charge in [0.2, 0.25) is 5.91 Å². The molecule has 1 aromatic carbocycles. The summed E-state index contributed by atoms with van der Waals surface area (Å²) in [5.41, 5.74) is 0.785. The molecule has 200 valence electrons. The van der Waals surface area contributed by atoms with Crippen molar-refractivity contribution in [2.45, 2.75) is 76.3 Å². The van der Waals surface area contributed by atoms with E-state index >= 15 is 0 Å². The van der Waals surface area contributed by atoms with Crippen LogP contribution in [0.5, 0.6) is 0 Å². The van der Waals surface area contributed by atoms with Crippen molar-refractivity contribution >= 4 is 29.4 Å². The lowest BCUT2D eigenvalue weighted by molar-refractivity contribution is -0.135. The van der Waals surface area contributed by atoms with Gasteiger partial charge in [0.1, 0.15) is 0 Å². The van der Waals surface area contributed by atoms with Crippen molar-refractivity contribution in [2.75, 3.05) is 26.2 Å². The monoisotopic (exact) mass is 521 g/mol. The van der Waals surface area contributed by atoms with E-state index in [4.69, 9.17) is 31.4 Å². The molecule has 1 aromatic rings. The first-order chi connectivity index (χ1) is 17.1. The van der Waals surface area contributed by atoms with Gasteiger partial charge >= 0.3 is 0 Å². The van der Waals surface area contributed by atoms with Crippen LogP contribution in [-0.4, -0.2) is 71.2 Å². The number of aliphatic carboxylic acids is 2. The molecule has 36 heavy (non-hydrogen) atoms. The minimum absolute atomic E-state index is 0.223. The quantitative estimate of drug-likeness (QED) is 0.478. The van der Waals surface area contributed by atoms with Crippen LogP contribution in [0.25, 0.3) is 0 Å². The van der Waals surface area contributed by atoms with E-state index in [9.17, 15) is 4.79 Å². The van der Waals surface area contributed by atoms with Crippen LogP contribution in [-0.2, 0) is 19.8 Å². The number of piperidine rings is 3. The van der Waals surface area contributed by atoms with E-state index in [2.05, 4.69) is 15.5 Å². The van der Waals surface area contributed by atoms with Crippen LogP contribution >= 0.6 is 11.6 Å². The SMILES string of the molecule is CC(=O)O.CC(=O)O.O=C(NC[C@H]1[C@@H]2CNC[C@@H](C2)[C@@H]2CCCCN21)C1(c2ccc(Cl)cc2)CCC1. The van der Waals surface area contributed by atoms with E-state index in [1.165, 1.54) is 38.8 Å². The molecule has 3 saturated heterocycles. The molecule has 5 rings (SSSR count). The Hall–Kier alpha value is -2.16. The van der Waals surface area contributed by atoms with Gasteiger partial charge in [-0.3, -0.25) is 19.3 Å². The Morgan fingerprint density at radius 2 is 1.64 bits per heavy atom. The van der Waals surface area contributed by atoms with Gasteiger partial charge in [0.15, 0.2) is 0 Å². The van der Waals surface area contributed by atoms with Crippen molar-refractivity contribution in [3.63, 3.8) is 0 Å².